The van der Waals surface area contributed by atoms with Gasteiger partial charge in [0.25, 0.3) is 11.8 Å². The minimum absolute atomic E-state index is 0.0899. The summed E-state index contributed by atoms with van der Waals surface area (Å²) in [5.74, 6) is -0.487. The third-order valence-corrected chi connectivity index (χ3v) is 6.24. The normalized spacial score (nSPS) is 13.6. The van der Waals surface area contributed by atoms with Crippen LogP contribution in [-0.2, 0) is 6.42 Å². The first-order valence-electron chi connectivity index (χ1n) is 13.3. The lowest BCUT2D eigenvalue weighted by Crippen LogP contribution is -2.50. The lowest BCUT2D eigenvalue weighted by atomic mass is 9.96. The maximum atomic E-state index is 13.3. The number of unbranched alkanes of at least 4 members (excludes halogenated alkanes) is 2. The molecule has 0 fully saturated rings. The van der Waals surface area contributed by atoms with Crippen molar-refractivity contribution in [2.45, 2.75) is 90.9 Å². The molecule has 3 N–H and O–H groups in total. The van der Waals surface area contributed by atoms with Gasteiger partial charge in [0.15, 0.2) is 0 Å². The van der Waals surface area contributed by atoms with Gasteiger partial charge in [-0.3, -0.25) is 14.6 Å². The van der Waals surface area contributed by atoms with E-state index in [-0.39, 0.29) is 12.3 Å². The number of carbonyl (C=O) groups excluding carboxylic acids is 2. The van der Waals surface area contributed by atoms with Gasteiger partial charge >= 0.3 is 0 Å². The van der Waals surface area contributed by atoms with Gasteiger partial charge in [0.1, 0.15) is 6.10 Å². The molecule has 0 bridgehead atoms. The van der Waals surface area contributed by atoms with Crippen molar-refractivity contribution in [1.29, 1.82) is 0 Å². The largest absolute Gasteiger partial charge is 0.390 e. The molecule has 0 aliphatic carbocycles. The van der Waals surface area contributed by atoms with Gasteiger partial charge in [0.2, 0.25) is 0 Å². The van der Waals surface area contributed by atoms with Crippen LogP contribution in [0.2, 0.25) is 0 Å². The van der Waals surface area contributed by atoms with Gasteiger partial charge in [-0.15, -0.1) is 0 Å². The van der Waals surface area contributed by atoms with Crippen molar-refractivity contribution in [2.24, 2.45) is 0 Å². The first-order valence-corrected chi connectivity index (χ1v) is 13.3. The number of aryl methyl sites for hydroxylation is 1. The number of aliphatic hydroxyl groups is 2. The zero-order valence-electron chi connectivity index (χ0n) is 22.2. The second kappa shape index (κ2) is 15.4. The highest BCUT2D eigenvalue weighted by Crippen LogP contribution is 2.16. The molecule has 2 rings (SSSR count). The Morgan fingerprint density at radius 2 is 1.67 bits per heavy atom. The van der Waals surface area contributed by atoms with Crippen molar-refractivity contribution >= 4 is 11.8 Å². The second-order valence-electron chi connectivity index (χ2n) is 9.54. The topological polar surface area (TPSA) is 103 Å². The van der Waals surface area contributed by atoms with Crippen molar-refractivity contribution in [2.75, 3.05) is 13.1 Å². The highest BCUT2D eigenvalue weighted by Gasteiger charge is 2.29. The van der Waals surface area contributed by atoms with Crippen molar-refractivity contribution in [3.63, 3.8) is 0 Å². The molecule has 0 aliphatic heterocycles. The molecule has 0 spiro atoms. The molecule has 0 saturated heterocycles. The van der Waals surface area contributed by atoms with Crippen LogP contribution in [0.15, 0.2) is 42.6 Å². The van der Waals surface area contributed by atoms with Gasteiger partial charge < -0.3 is 20.4 Å². The molecule has 2 amide bonds. The first-order chi connectivity index (χ1) is 17.3. The molecule has 36 heavy (non-hydrogen) atoms. The molecule has 0 radical (unpaired) electrons. The van der Waals surface area contributed by atoms with E-state index in [1.807, 2.05) is 37.8 Å². The average Bonchev–Trinajstić information content (AvgIpc) is 2.87. The van der Waals surface area contributed by atoms with Crippen molar-refractivity contribution in [1.82, 2.24) is 15.2 Å². The summed E-state index contributed by atoms with van der Waals surface area (Å²) in [5, 5.41) is 24.5. The van der Waals surface area contributed by atoms with E-state index in [2.05, 4.69) is 17.2 Å². The second-order valence-corrected chi connectivity index (χ2v) is 9.54. The summed E-state index contributed by atoms with van der Waals surface area (Å²) in [6.07, 6.45) is 4.78. The fourth-order valence-corrected chi connectivity index (χ4v) is 4.37. The van der Waals surface area contributed by atoms with Crippen LogP contribution in [0.25, 0.3) is 0 Å². The monoisotopic (exact) mass is 497 g/mol. The van der Waals surface area contributed by atoms with Gasteiger partial charge in [-0.2, -0.15) is 0 Å². The Morgan fingerprint density at radius 3 is 2.28 bits per heavy atom. The number of nitrogens with one attached hydrogen (secondary N) is 1. The Kier molecular flexibility index (Phi) is 12.6. The minimum Gasteiger partial charge on any atom is -0.390 e. The Hall–Kier alpha value is -2.77. The van der Waals surface area contributed by atoms with Gasteiger partial charge in [0.05, 0.1) is 12.1 Å². The first kappa shape index (κ1) is 29.5. The zero-order chi connectivity index (χ0) is 26.5. The molecule has 1 aromatic carbocycles. The van der Waals surface area contributed by atoms with Crippen LogP contribution in [0, 0.1) is 6.92 Å². The van der Waals surface area contributed by atoms with E-state index in [0.29, 0.717) is 36.3 Å². The summed E-state index contributed by atoms with van der Waals surface area (Å²) in [6, 6.07) is 9.90. The van der Waals surface area contributed by atoms with E-state index in [0.717, 1.165) is 37.7 Å². The number of amides is 2. The number of aliphatic hydroxyl groups excluding tert-OH is 2. The summed E-state index contributed by atoms with van der Waals surface area (Å²) in [7, 11) is 0. The average molecular weight is 498 g/mol. The van der Waals surface area contributed by atoms with Crippen molar-refractivity contribution in [3.8, 4) is 0 Å². The minimum atomic E-state index is -1.15. The summed E-state index contributed by atoms with van der Waals surface area (Å²) in [5.41, 5.74) is 2.34. The molecular weight excluding hydrogens is 454 g/mol. The maximum absolute atomic E-state index is 13.3. The molecule has 7 heteroatoms. The number of carbonyl (C=O) groups is 2. The number of hydrogen-bond donors (Lipinski definition) is 3. The lowest BCUT2D eigenvalue weighted by molar-refractivity contribution is -0.00846. The Bertz CT molecular complexity index is 945. The van der Waals surface area contributed by atoms with Gasteiger partial charge in [-0.1, -0.05) is 46.1 Å². The van der Waals surface area contributed by atoms with Crippen LogP contribution in [0.3, 0.4) is 0 Å². The van der Waals surface area contributed by atoms with E-state index in [1.54, 1.807) is 30.5 Å². The fraction of sp³-hybridized carbons (Fsp3) is 0.552. The number of hydrogen-bond acceptors (Lipinski definition) is 5. The van der Waals surface area contributed by atoms with E-state index in [9.17, 15) is 19.8 Å². The highest BCUT2D eigenvalue weighted by molar-refractivity contribution is 6.00. The van der Waals surface area contributed by atoms with E-state index in [4.69, 9.17) is 0 Å². The molecule has 7 nitrogen and oxygen atoms in total. The lowest BCUT2D eigenvalue weighted by Gasteiger charge is -2.28. The molecular formula is C29H43N3O4. The van der Waals surface area contributed by atoms with E-state index >= 15 is 0 Å². The van der Waals surface area contributed by atoms with Crippen LogP contribution in [0.1, 0.15) is 91.3 Å². The highest BCUT2D eigenvalue weighted by atomic mass is 16.3. The van der Waals surface area contributed by atoms with Crippen LogP contribution in [0.5, 0.6) is 0 Å². The third kappa shape index (κ3) is 9.03. The standard InChI is InChI=1S/C29H43N3O4/c1-5-8-9-13-26(33)27(34)25(20-24-12-10-11-14-30-24)31-28(35)22-17-21(4)18-23(19-22)29(36)32(15-6-2)16-7-3/h10-12,14,17-19,25-27,33-34H,5-9,13,15-16,20H2,1-4H3,(H,31,35). The summed E-state index contributed by atoms with van der Waals surface area (Å²) in [4.78, 5) is 32.6. The van der Waals surface area contributed by atoms with Crippen LogP contribution in [0.4, 0.5) is 0 Å². The van der Waals surface area contributed by atoms with Gasteiger partial charge in [0, 0.05) is 42.5 Å². The molecule has 1 heterocycles. The summed E-state index contributed by atoms with van der Waals surface area (Å²) >= 11 is 0. The van der Waals surface area contributed by atoms with E-state index < -0.39 is 24.2 Å². The molecule has 3 atom stereocenters. The third-order valence-electron chi connectivity index (χ3n) is 6.24. The van der Waals surface area contributed by atoms with Gasteiger partial charge in [-0.05, 0) is 62.1 Å². The van der Waals surface area contributed by atoms with Crippen molar-refractivity contribution < 1.29 is 19.8 Å². The van der Waals surface area contributed by atoms with Crippen molar-refractivity contribution in [3.05, 3.63) is 65.0 Å². The number of pyridine rings is 1. The molecule has 0 aliphatic rings. The van der Waals surface area contributed by atoms with E-state index in [1.165, 1.54) is 0 Å². The zero-order valence-corrected chi connectivity index (χ0v) is 22.2. The Morgan fingerprint density at radius 1 is 0.972 bits per heavy atom. The SMILES string of the molecule is CCCCCC(O)C(O)C(Cc1ccccn1)NC(=O)c1cc(C)cc(C(=O)N(CCC)CCC)c1. The predicted octanol–water partition coefficient (Wildman–Crippen LogP) is 4.30. The molecule has 3 unspecified atom stereocenters. The van der Waals surface area contributed by atoms with Crippen LogP contribution < -0.4 is 5.32 Å². The fourth-order valence-electron chi connectivity index (χ4n) is 4.37. The quantitative estimate of drug-likeness (QED) is 0.319. The smallest absolute Gasteiger partial charge is 0.253 e. The number of rotatable bonds is 15. The number of benzene rings is 1. The Labute approximate surface area is 215 Å². The molecule has 2 aromatic rings. The van der Waals surface area contributed by atoms with Crippen LogP contribution >= 0.6 is 0 Å². The predicted molar refractivity (Wildman–Crippen MR) is 143 cm³/mol. The Balaban J connectivity index is 2.26. The summed E-state index contributed by atoms with van der Waals surface area (Å²) < 4.78 is 0. The molecule has 1 aromatic heterocycles. The van der Waals surface area contributed by atoms with Crippen LogP contribution in [-0.4, -0.2) is 63.3 Å². The number of nitrogens with zero attached hydrogens (tertiary/aromatic N) is 2. The maximum Gasteiger partial charge on any atom is 0.253 e. The number of aromatic nitrogens is 1. The molecule has 0 saturated carbocycles. The summed E-state index contributed by atoms with van der Waals surface area (Å²) in [6.45, 7) is 9.34. The van der Waals surface area contributed by atoms with Gasteiger partial charge in [-0.25, -0.2) is 0 Å². The molecule has 198 valence electrons.